The van der Waals surface area contributed by atoms with E-state index in [1.165, 1.54) is 11.8 Å². The lowest BCUT2D eigenvalue weighted by molar-refractivity contribution is -0.122. The van der Waals surface area contributed by atoms with Crippen molar-refractivity contribution in [3.8, 4) is 0 Å². The molecule has 1 spiro atoms. The Balaban J connectivity index is 1.70. The number of imide groups is 1. The maximum Gasteiger partial charge on any atom is 0.261 e. The zero-order chi connectivity index (χ0) is 14.8. The zero-order valence-electron chi connectivity index (χ0n) is 11.4. The van der Waals surface area contributed by atoms with Crippen molar-refractivity contribution < 1.29 is 14.4 Å². The summed E-state index contributed by atoms with van der Waals surface area (Å²) in [6.45, 7) is 1.47. The van der Waals surface area contributed by atoms with Crippen molar-refractivity contribution in [2.45, 2.75) is 31.3 Å². The second-order valence-electron chi connectivity index (χ2n) is 5.86. The van der Waals surface area contributed by atoms with Gasteiger partial charge in [0.15, 0.2) is 11.8 Å². The monoisotopic (exact) mass is 283 g/mol. The lowest BCUT2D eigenvalue weighted by Crippen LogP contribution is -2.33. The van der Waals surface area contributed by atoms with Crippen molar-refractivity contribution in [3.05, 3.63) is 29.8 Å². The van der Waals surface area contributed by atoms with Crippen LogP contribution >= 0.6 is 0 Å². The van der Waals surface area contributed by atoms with Crippen molar-refractivity contribution in [2.75, 3.05) is 4.90 Å². The lowest BCUT2D eigenvalue weighted by Gasteiger charge is -2.16. The summed E-state index contributed by atoms with van der Waals surface area (Å²) in [5.41, 5.74) is 0.637. The van der Waals surface area contributed by atoms with E-state index in [0.717, 1.165) is 12.8 Å². The minimum atomic E-state index is -0.660. The molecule has 1 aliphatic carbocycles. The van der Waals surface area contributed by atoms with E-state index in [1.54, 1.807) is 24.3 Å². The average molecular weight is 283 g/mol. The SMILES string of the molecule is CC(=O)c1ccc(N2C(=O)[C@@H]3[C@@H](N=NC34CC4)C2=O)cc1. The molecule has 1 saturated heterocycles. The highest BCUT2D eigenvalue weighted by Gasteiger charge is 2.67. The summed E-state index contributed by atoms with van der Waals surface area (Å²) < 4.78 is 0. The van der Waals surface area contributed by atoms with E-state index in [-0.39, 0.29) is 17.6 Å². The Kier molecular flexibility index (Phi) is 2.26. The molecule has 0 N–H and O–H groups in total. The average Bonchev–Trinajstić information content (AvgIpc) is 3.05. The Morgan fingerprint density at radius 1 is 1.19 bits per heavy atom. The van der Waals surface area contributed by atoms with Gasteiger partial charge in [0.05, 0.1) is 17.1 Å². The predicted molar refractivity (Wildman–Crippen MR) is 73.0 cm³/mol. The first-order valence-electron chi connectivity index (χ1n) is 6.94. The quantitative estimate of drug-likeness (QED) is 0.612. The molecular formula is C15H13N3O3. The third-order valence-electron chi connectivity index (χ3n) is 4.53. The first kappa shape index (κ1) is 12.4. The first-order valence-corrected chi connectivity index (χ1v) is 6.94. The van der Waals surface area contributed by atoms with Gasteiger partial charge in [0.2, 0.25) is 5.91 Å². The van der Waals surface area contributed by atoms with Gasteiger partial charge >= 0.3 is 0 Å². The maximum atomic E-state index is 12.6. The molecule has 2 heterocycles. The summed E-state index contributed by atoms with van der Waals surface area (Å²) in [7, 11) is 0. The van der Waals surface area contributed by atoms with Crippen LogP contribution in [-0.4, -0.2) is 29.2 Å². The number of Topliss-reactive ketones (excluding diaryl/α,β-unsaturated/α-hetero) is 1. The number of hydrogen-bond acceptors (Lipinski definition) is 5. The zero-order valence-corrected chi connectivity index (χ0v) is 11.4. The molecule has 1 aromatic rings. The molecule has 1 aromatic carbocycles. The molecule has 3 aliphatic rings. The van der Waals surface area contributed by atoms with Gasteiger partial charge in [-0.05, 0) is 44.0 Å². The van der Waals surface area contributed by atoms with Crippen LogP contribution in [0.2, 0.25) is 0 Å². The molecular weight excluding hydrogens is 270 g/mol. The van der Waals surface area contributed by atoms with Crippen LogP contribution in [0.4, 0.5) is 5.69 Å². The van der Waals surface area contributed by atoms with Crippen molar-refractivity contribution in [2.24, 2.45) is 16.1 Å². The Hall–Kier alpha value is -2.37. The third kappa shape index (κ3) is 1.55. The Bertz CT molecular complexity index is 703. The molecule has 6 heteroatoms. The summed E-state index contributed by atoms with van der Waals surface area (Å²) in [5, 5.41) is 8.17. The first-order chi connectivity index (χ1) is 10.0. The molecule has 2 aliphatic heterocycles. The second kappa shape index (κ2) is 3.84. The molecule has 0 bridgehead atoms. The standard InChI is InChI=1S/C15H13N3O3/c1-8(19)9-2-4-10(5-3-9)18-13(20)11-12(14(18)21)16-17-15(11)6-7-15/h2-5,11-12H,6-7H2,1H3/t11-,12+/m0/s1. The molecule has 2 atom stereocenters. The Labute approximate surface area is 120 Å². The highest BCUT2D eigenvalue weighted by atomic mass is 16.2. The number of rotatable bonds is 2. The second-order valence-corrected chi connectivity index (χ2v) is 5.86. The molecule has 0 radical (unpaired) electrons. The molecule has 2 amide bonds. The fourth-order valence-corrected chi connectivity index (χ4v) is 3.18. The number of nitrogens with zero attached hydrogens (tertiary/aromatic N) is 3. The topological polar surface area (TPSA) is 79.2 Å². The summed E-state index contributed by atoms with van der Waals surface area (Å²) >= 11 is 0. The fourth-order valence-electron chi connectivity index (χ4n) is 3.18. The largest absolute Gasteiger partial charge is 0.295 e. The van der Waals surface area contributed by atoms with Gasteiger partial charge in [0.25, 0.3) is 5.91 Å². The number of anilines is 1. The number of ketones is 1. The van der Waals surface area contributed by atoms with Crippen molar-refractivity contribution >= 4 is 23.3 Å². The molecule has 4 rings (SSSR count). The van der Waals surface area contributed by atoms with Gasteiger partial charge < -0.3 is 0 Å². The van der Waals surface area contributed by atoms with E-state index < -0.39 is 17.5 Å². The van der Waals surface area contributed by atoms with Gasteiger partial charge in [-0.1, -0.05) is 0 Å². The van der Waals surface area contributed by atoms with Gasteiger partial charge in [-0.25, -0.2) is 4.90 Å². The van der Waals surface area contributed by atoms with E-state index in [2.05, 4.69) is 10.2 Å². The maximum absolute atomic E-state index is 12.6. The van der Waals surface area contributed by atoms with Crippen molar-refractivity contribution in [1.29, 1.82) is 0 Å². The number of amides is 2. The normalized spacial score (nSPS) is 28.3. The van der Waals surface area contributed by atoms with E-state index in [1.807, 2.05) is 0 Å². The molecule has 1 saturated carbocycles. The number of fused-ring (bicyclic) bond motifs is 2. The van der Waals surface area contributed by atoms with Crippen LogP contribution in [0.5, 0.6) is 0 Å². The van der Waals surface area contributed by atoms with E-state index in [4.69, 9.17) is 0 Å². The summed E-state index contributed by atoms with van der Waals surface area (Å²) in [4.78, 5) is 37.5. The van der Waals surface area contributed by atoms with Crippen LogP contribution in [0.1, 0.15) is 30.1 Å². The molecule has 2 fully saturated rings. The van der Waals surface area contributed by atoms with Gasteiger partial charge in [-0.3, -0.25) is 14.4 Å². The van der Waals surface area contributed by atoms with Crippen LogP contribution in [0, 0.1) is 5.92 Å². The van der Waals surface area contributed by atoms with Crippen molar-refractivity contribution in [3.63, 3.8) is 0 Å². The molecule has 0 aromatic heterocycles. The Morgan fingerprint density at radius 3 is 2.43 bits per heavy atom. The smallest absolute Gasteiger partial charge is 0.261 e. The molecule has 106 valence electrons. The number of carbonyl (C=O) groups is 3. The van der Waals surface area contributed by atoms with Crippen LogP contribution in [-0.2, 0) is 9.59 Å². The van der Waals surface area contributed by atoms with E-state index in [9.17, 15) is 14.4 Å². The summed E-state index contributed by atoms with van der Waals surface area (Å²) in [6, 6.07) is 5.85. The Morgan fingerprint density at radius 2 is 1.86 bits per heavy atom. The minimum absolute atomic E-state index is 0.0526. The minimum Gasteiger partial charge on any atom is -0.295 e. The van der Waals surface area contributed by atoms with E-state index in [0.29, 0.717) is 11.3 Å². The van der Waals surface area contributed by atoms with Gasteiger partial charge in [-0.15, -0.1) is 0 Å². The van der Waals surface area contributed by atoms with E-state index >= 15 is 0 Å². The third-order valence-corrected chi connectivity index (χ3v) is 4.53. The van der Waals surface area contributed by atoms with Crippen LogP contribution in [0.25, 0.3) is 0 Å². The fraction of sp³-hybridized carbons (Fsp3) is 0.400. The van der Waals surface area contributed by atoms with Crippen LogP contribution in [0.15, 0.2) is 34.5 Å². The van der Waals surface area contributed by atoms with Crippen LogP contribution in [0.3, 0.4) is 0 Å². The van der Waals surface area contributed by atoms with Crippen LogP contribution < -0.4 is 4.90 Å². The highest BCUT2D eigenvalue weighted by molar-refractivity contribution is 6.24. The van der Waals surface area contributed by atoms with Crippen molar-refractivity contribution in [1.82, 2.24) is 0 Å². The van der Waals surface area contributed by atoms with Gasteiger partial charge in [-0.2, -0.15) is 10.2 Å². The highest BCUT2D eigenvalue weighted by Crippen LogP contribution is 2.55. The molecule has 21 heavy (non-hydrogen) atoms. The number of carbonyl (C=O) groups excluding carboxylic acids is 3. The molecule has 0 unspecified atom stereocenters. The summed E-state index contributed by atoms with van der Waals surface area (Å²) in [5.74, 6) is -1.02. The lowest BCUT2D eigenvalue weighted by atomic mass is 9.94. The summed E-state index contributed by atoms with van der Waals surface area (Å²) in [6.07, 6.45) is 1.65. The predicted octanol–water partition coefficient (Wildman–Crippen LogP) is 1.75. The number of azo groups is 1. The number of hydrogen-bond donors (Lipinski definition) is 0. The molecule has 6 nitrogen and oxygen atoms in total. The number of benzene rings is 1. The van der Waals surface area contributed by atoms with Gasteiger partial charge in [0.1, 0.15) is 0 Å². The van der Waals surface area contributed by atoms with Gasteiger partial charge in [0, 0.05) is 5.56 Å².